The standard InChI is InChI=1S/C62H36N6O2/c1-3-15-37(16-4-1)60-64-61(38-17-5-2-6-18-38)66-62(65-60)44-28-27-39(67-49-23-11-7-21-45(49)56-52(67)31-29-42-40-19-9-13-25-54(40)69-58(42)56)35-47(44)48-36-63-34-33-51(48)68-50-24-12-8-22-46(50)57-53(68)32-30-43-41-20-10-14-26-55(41)70-59(43)57/h1-36H. The fourth-order valence-corrected chi connectivity index (χ4v) is 10.8. The highest BCUT2D eigenvalue weighted by Crippen LogP contribution is 2.45. The van der Waals surface area contributed by atoms with Crippen LogP contribution in [0.5, 0.6) is 0 Å². The number of pyridine rings is 1. The van der Waals surface area contributed by atoms with Crippen LogP contribution < -0.4 is 0 Å². The van der Waals surface area contributed by atoms with Gasteiger partial charge in [0.1, 0.15) is 22.3 Å². The van der Waals surface area contributed by atoms with Crippen molar-refractivity contribution in [1.82, 2.24) is 29.1 Å². The molecule has 70 heavy (non-hydrogen) atoms. The lowest BCUT2D eigenvalue weighted by Gasteiger charge is -2.18. The number of para-hydroxylation sites is 4. The average Bonchev–Trinajstić information content (AvgIpc) is 4.19. The first-order valence-corrected chi connectivity index (χ1v) is 23.4. The number of aromatic nitrogens is 6. The molecule has 0 radical (unpaired) electrons. The van der Waals surface area contributed by atoms with Gasteiger partial charge in [-0.1, -0.05) is 133 Å². The summed E-state index contributed by atoms with van der Waals surface area (Å²) in [6, 6.07) is 71.5. The molecule has 9 aromatic carbocycles. The van der Waals surface area contributed by atoms with Crippen LogP contribution in [0.3, 0.4) is 0 Å². The quantitative estimate of drug-likeness (QED) is 0.165. The summed E-state index contributed by atoms with van der Waals surface area (Å²) in [6.07, 6.45) is 3.84. The summed E-state index contributed by atoms with van der Waals surface area (Å²) in [5.74, 6) is 1.71. The summed E-state index contributed by atoms with van der Waals surface area (Å²) in [5, 5.41) is 8.69. The normalized spacial score (nSPS) is 12.0. The Kier molecular flexibility index (Phi) is 8.20. The fourth-order valence-electron chi connectivity index (χ4n) is 10.8. The lowest BCUT2D eigenvalue weighted by atomic mass is 9.97. The summed E-state index contributed by atoms with van der Waals surface area (Å²) in [7, 11) is 0. The predicted octanol–water partition coefficient (Wildman–Crippen LogP) is 15.9. The number of fused-ring (bicyclic) bond motifs is 14. The Balaban J connectivity index is 1.04. The first-order valence-electron chi connectivity index (χ1n) is 23.4. The van der Waals surface area contributed by atoms with Crippen molar-refractivity contribution in [2.75, 3.05) is 0 Å². The Hall–Kier alpha value is -9.66. The molecular formula is C62H36N6O2. The van der Waals surface area contributed by atoms with Gasteiger partial charge < -0.3 is 18.0 Å². The number of nitrogens with zero attached hydrogens (tertiary/aromatic N) is 6. The molecule has 0 bridgehead atoms. The molecule has 0 aliphatic carbocycles. The van der Waals surface area contributed by atoms with Gasteiger partial charge in [0.2, 0.25) is 0 Å². The van der Waals surface area contributed by atoms with Crippen LogP contribution in [0.1, 0.15) is 0 Å². The zero-order valence-corrected chi connectivity index (χ0v) is 37.3. The Morgan fingerprint density at radius 2 is 0.843 bits per heavy atom. The maximum atomic E-state index is 6.72. The summed E-state index contributed by atoms with van der Waals surface area (Å²) < 4.78 is 18.1. The van der Waals surface area contributed by atoms with Crippen LogP contribution in [0.2, 0.25) is 0 Å². The maximum absolute atomic E-state index is 6.72. The molecule has 0 aliphatic heterocycles. The molecule has 15 aromatic rings. The molecule has 0 fully saturated rings. The van der Waals surface area contributed by atoms with E-state index in [0.717, 1.165) is 127 Å². The molecule has 0 spiro atoms. The number of hydrogen-bond acceptors (Lipinski definition) is 6. The Bertz CT molecular complexity index is 4540. The molecule has 0 amide bonds. The van der Waals surface area contributed by atoms with Crippen molar-refractivity contribution in [3.63, 3.8) is 0 Å². The number of rotatable bonds is 6. The zero-order chi connectivity index (χ0) is 45.9. The van der Waals surface area contributed by atoms with Gasteiger partial charge in [-0.15, -0.1) is 0 Å². The van der Waals surface area contributed by atoms with E-state index in [1.54, 1.807) is 0 Å². The van der Waals surface area contributed by atoms with Crippen LogP contribution in [-0.2, 0) is 0 Å². The second kappa shape index (κ2) is 14.9. The number of hydrogen-bond donors (Lipinski definition) is 0. The van der Waals surface area contributed by atoms with Gasteiger partial charge in [0, 0.05) is 72.7 Å². The van der Waals surface area contributed by atoms with Crippen molar-refractivity contribution in [3.8, 4) is 56.7 Å². The van der Waals surface area contributed by atoms with Crippen LogP contribution in [-0.4, -0.2) is 29.1 Å². The molecule has 326 valence electrons. The second-order valence-electron chi connectivity index (χ2n) is 17.7. The Morgan fingerprint density at radius 1 is 0.343 bits per heavy atom. The van der Waals surface area contributed by atoms with Crippen LogP contribution in [0.15, 0.2) is 227 Å². The van der Waals surface area contributed by atoms with Crippen molar-refractivity contribution in [3.05, 3.63) is 219 Å². The van der Waals surface area contributed by atoms with Crippen molar-refractivity contribution in [2.24, 2.45) is 0 Å². The number of furan rings is 2. The van der Waals surface area contributed by atoms with E-state index in [9.17, 15) is 0 Å². The largest absolute Gasteiger partial charge is 0.455 e. The van der Waals surface area contributed by atoms with Gasteiger partial charge in [0.15, 0.2) is 17.5 Å². The minimum atomic E-state index is 0.543. The van der Waals surface area contributed by atoms with Crippen molar-refractivity contribution in [2.45, 2.75) is 0 Å². The van der Waals surface area contributed by atoms with E-state index in [2.05, 4.69) is 130 Å². The van der Waals surface area contributed by atoms with Crippen LogP contribution in [0, 0.1) is 0 Å². The molecule has 8 heteroatoms. The smallest absolute Gasteiger partial charge is 0.164 e. The van der Waals surface area contributed by atoms with Gasteiger partial charge >= 0.3 is 0 Å². The second-order valence-corrected chi connectivity index (χ2v) is 17.7. The predicted molar refractivity (Wildman–Crippen MR) is 283 cm³/mol. The van der Waals surface area contributed by atoms with Crippen LogP contribution >= 0.6 is 0 Å². The Labute approximate surface area is 399 Å². The highest BCUT2D eigenvalue weighted by molar-refractivity contribution is 6.25. The van der Waals surface area contributed by atoms with E-state index in [1.807, 2.05) is 97.3 Å². The topological polar surface area (TPSA) is 87.7 Å². The van der Waals surface area contributed by atoms with Crippen molar-refractivity contribution >= 4 is 87.5 Å². The van der Waals surface area contributed by atoms with E-state index in [0.29, 0.717) is 17.5 Å². The van der Waals surface area contributed by atoms with Crippen LogP contribution in [0.25, 0.3) is 144 Å². The van der Waals surface area contributed by atoms with Crippen LogP contribution in [0.4, 0.5) is 0 Å². The lowest BCUT2D eigenvalue weighted by Crippen LogP contribution is -2.04. The summed E-state index contributed by atoms with van der Waals surface area (Å²) >= 11 is 0. The molecule has 0 saturated carbocycles. The summed E-state index contributed by atoms with van der Waals surface area (Å²) in [4.78, 5) is 20.6. The van der Waals surface area contributed by atoms with E-state index < -0.39 is 0 Å². The number of benzene rings is 9. The average molecular weight is 897 g/mol. The lowest BCUT2D eigenvalue weighted by molar-refractivity contribution is 0.672. The third-order valence-electron chi connectivity index (χ3n) is 13.9. The summed E-state index contributed by atoms with van der Waals surface area (Å²) in [6.45, 7) is 0. The van der Waals surface area contributed by atoms with Gasteiger partial charge in [0.25, 0.3) is 0 Å². The first-order chi connectivity index (χ1) is 34.7. The third kappa shape index (κ3) is 5.64. The van der Waals surface area contributed by atoms with E-state index >= 15 is 0 Å². The molecule has 0 N–H and O–H groups in total. The molecule has 6 aromatic heterocycles. The van der Waals surface area contributed by atoms with E-state index in [1.165, 1.54) is 0 Å². The molecule has 0 atom stereocenters. The minimum absolute atomic E-state index is 0.543. The van der Waals surface area contributed by atoms with Crippen molar-refractivity contribution in [1.29, 1.82) is 0 Å². The summed E-state index contributed by atoms with van der Waals surface area (Å²) in [5.41, 5.74) is 14.0. The van der Waals surface area contributed by atoms with Gasteiger partial charge in [-0.2, -0.15) is 0 Å². The van der Waals surface area contributed by atoms with Gasteiger partial charge in [-0.3, -0.25) is 4.98 Å². The molecule has 15 rings (SSSR count). The molecule has 8 nitrogen and oxygen atoms in total. The van der Waals surface area contributed by atoms with Gasteiger partial charge in [0.05, 0.1) is 38.5 Å². The molecule has 0 unspecified atom stereocenters. The first kappa shape index (κ1) is 38.4. The highest BCUT2D eigenvalue weighted by Gasteiger charge is 2.25. The van der Waals surface area contributed by atoms with Crippen molar-refractivity contribution < 1.29 is 8.83 Å². The Morgan fingerprint density at radius 3 is 1.44 bits per heavy atom. The highest BCUT2D eigenvalue weighted by atomic mass is 16.3. The van der Waals surface area contributed by atoms with E-state index in [-0.39, 0.29) is 0 Å². The molecular weight excluding hydrogens is 861 g/mol. The molecule has 0 saturated heterocycles. The fraction of sp³-hybridized carbons (Fsp3) is 0. The van der Waals surface area contributed by atoms with E-state index in [4.69, 9.17) is 28.8 Å². The minimum Gasteiger partial charge on any atom is -0.455 e. The van der Waals surface area contributed by atoms with Gasteiger partial charge in [-0.05, 0) is 78.4 Å². The zero-order valence-electron chi connectivity index (χ0n) is 37.3. The monoisotopic (exact) mass is 896 g/mol. The van der Waals surface area contributed by atoms with Gasteiger partial charge in [-0.25, -0.2) is 15.0 Å². The maximum Gasteiger partial charge on any atom is 0.164 e. The molecule has 6 heterocycles. The third-order valence-corrected chi connectivity index (χ3v) is 13.9. The SMILES string of the molecule is c1ccc(-c2nc(-c3ccccc3)nc(-c3ccc(-n4c5ccccc5c5c6oc7ccccc7c6ccc54)cc3-c3cnccc3-n3c4ccccc4c4c5oc6ccccc6c5ccc43)n2)cc1. The molecule has 0 aliphatic rings.